The summed E-state index contributed by atoms with van der Waals surface area (Å²) in [5.74, 6) is -0.480. The maximum Gasteiger partial charge on any atom is 0.338 e. The standard InChI is InChI=1S/C23H26N2O7/c1-3-32-22(27)17-12-16(13-19(14-17)25(28)29)21(26)24-15-23(8-10-31-11-9-23)18-4-6-20(30-2)7-5-18/h4-7,12-14H,3,8-11,15H2,1-2H3,(H,24,26). The van der Waals surface area contributed by atoms with Crippen molar-refractivity contribution < 1.29 is 28.7 Å². The summed E-state index contributed by atoms with van der Waals surface area (Å²) in [5.41, 5.74) is 0.344. The highest BCUT2D eigenvalue weighted by molar-refractivity contribution is 5.99. The Hall–Kier alpha value is -3.46. The number of nitrogens with zero attached hydrogens (tertiary/aromatic N) is 1. The molecule has 32 heavy (non-hydrogen) atoms. The highest BCUT2D eigenvalue weighted by Crippen LogP contribution is 2.35. The molecule has 0 unspecified atom stereocenters. The van der Waals surface area contributed by atoms with Gasteiger partial charge in [0.1, 0.15) is 5.75 Å². The molecule has 1 aliphatic rings. The zero-order chi connectivity index (χ0) is 23.1. The summed E-state index contributed by atoms with van der Waals surface area (Å²) >= 11 is 0. The average molecular weight is 442 g/mol. The Bertz CT molecular complexity index is 982. The second-order valence-corrected chi connectivity index (χ2v) is 7.55. The van der Waals surface area contributed by atoms with Gasteiger partial charge in [-0.2, -0.15) is 0 Å². The van der Waals surface area contributed by atoms with E-state index in [4.69, 9.17) is 14.2 Å². The van der Waals surface area contributed by atoms with E-state index >= 15 is 0 Å². The number of amides is 1. The van der Waals surface area contributed by atoms with E-state index in [1.807, 2.05) is 24.3 Å². The molecule has 1 aliphatic heterocycles. The van der Waals surface area contributed by atoms with E-state index in [1.165, 1.54) is 6.07 Å². The van der Waals surface area contributed by atoms with Crippen LogP contribution in [0.3, 0.4) is 0 Å². The Kier molecular flexibility index (Phi) is 7.42. The fourth-order valence-corrected chi connectivity index (χ4v) is 3.81. The summed E-state index contributed by atoms with van der Waals surface area (Å²) in [6.07, 6.45) is 1.42. The average Bonchev–Trinajstić information content (AvgIpc) is 2.83. The summed E-state index contributed by atoms with van der Waals surface area (Å²) in [4.78, 5) is 35.7. The van der Waals surface area contributed by atoms with Gasteiger partial charge in [-0.3, -0.25) is 14.9 Å². The Morgan fingerprint density at radius 2 is 1.78 bits per heavy atom. The summed E-state index contributed by atoms with van der Waals surface area (Å²) in [6.45, 7) is 3.20. The summed E-state index contributed by atoms with van der Waals surface area (Å²) < 4.78 is 15.7. The topological polar surface area (TPSA) is 117 Å². The van der Waals surface area contributed by atoms with E-state index in [-0.39, 0.29) is 28.8 Å². The number of carbonyl (C=O) groups excluding carboxylic acids is 2. The van der Waals surface area contributed by atoms with Crippen molar-refractivity contribution in [3.05, 3.63) is 69.3 Å². The third-order valence-electron chi connectivity index (χ3n) is 5.64. The summed E-state index contributed by atoms with van der Waals surface area (Å²) in [5, 5.41) is 14.2. The number of nitro groups is 1. The maximum atomic E-state index is 12.9. The lowest BCUT2D eigenvalue weighted by Gasteiger charge is -2.38. The van der Waals surface area contributed by atoms with Crippen LogP contribution in [0.2, 0.25) is 0 Å². The molecule has 9 heteroatoms. The molecular weight excluding hydrogens is 416 g/mol. The molecular formula is C23H26N2O7. The predicted octanol–water partition coefficient (Wildman–Crippen LogP) is 3.26. The van der Waals surface area contributed by atoms with E-state index in [9.17, 15) is 19.7 Å². The number of methoxy groups -OCH3 is 1. The van der Waals surface area contributed by atoms with Crippen LogP contribution in [0.25, 0.3) is 0 Å². The van der Waals surface area contributed by atoms with Crippen molar-refractivity contribution in [3.63, 3.8) is 0 Å². The fourth-order valence-electron chi connectivity index (χ4n) is 3.81. The minimum atomic E-state index is -0.718. The van der Waals surface area contributed by atoms with Crippen molar-refractivity contribution in [1.82, 2.24) is 5.32 Å². The van der Waals surface area contributed by atoms with E-state index in [1.54, 1.807) is 14.0 Å². The summed E-state index contributed by atoms with van der Waals surface area (Å²) in [6, 6.07) is 11.3. The van der Waals surface area contributed by atoms with Crippen molar-refractivity contribution in [2.24, 2.45) is 0 Å². The van der Waals surface area contributed by atoms with Crippen LogP contribution in [0, 0.1) is 10.1 Å². The number of hydrogen-bond donors (Lipinski definition) is 1. The molecule has 0 saturated carbocycles. The van der Waals surface area contributed by atoms with Gasteiger partial charge < -0.3 is 19.5 Å². The van der Waals surface area contributed by atoms with Crippen LogP contribution in [0.15, 0.2) is 42.5 Å². The second kappa shape index (κ2) is 10.2. The predicted molar refractivity (Wildman–Crippen MR) is 116 cm³/mol. The fraction of sp³-hybridized carbons (Fsp3) is 0.391. The molecule has 1 heterocycles. The summed E-state index contributed by atoms with van der Waals surface area (Å²) in [7, 11) is 1.60. The molecule has 0 atom stereocenters. The van der Waals surface area contributed by atoms with Gasteiger partial charge in [0.15, 0.2) is 0 Å². The van der Waals surface area contributed by atoms with Crippen molar-refractivity contribution in [2.75, 3.05) is 33.5 Å². The number of esters is 1. The molecule has 1 amide bonds. The van der Waals surface area contributed by atoms with Crippen LogP contribution in [0.4, 0.5) is 5.69 Å². The number of non-ortho nitro benzene ring substituents is 1. The number of rotatable bonds is 8. The molecule has 0 bridgehead atoms. The Morgan fingerprint density at radius 1 is 1.12 bits per heavy atom. The lowest BCUT2D eigenvalue weighted by molar-refractivity contribution is -0.384. The third-order valence-corrected chi connectivity index (χ3v) is 5.64. The first-order valence-electron chi connectivity index (χ1n) is 10.4. The van der Waals surface area contributed by atoms with Crippen molar-refractivity contribution in [1.29, 1.82) is 0 Å². The van der Waals surface area contributed by atoms with E-state index < -0.39 is 16.8 Å². The van der Waals surface area contributed by atoms with Gasteiger partial charge in [-0.05, 0) is 43.5 Å². The highest BCUT2D eigenvalue weighted by atomic mass is 16.6. The number of nitrogens with one attached hydrogen (secondary N) is 1. The molecule has 0 radical (unpaired) electrons. The van der Waals surface area contributed by atoms with Gasteiger partial charge in [0.25, 0.3) is 11.6 Å². The first-order chi connectivity index (χ1) is 15.4. The van der Waals surface area contributed by atoms with Crippen LogP contribution in [0.5, 0.6) is 5.75 Å². The molecule has 9 nitrogen and oxygen atoms in total. The number of hydrogen-bond acceptors (Lipinski definition) is 7. The quantitative estimate of drug-likeness (QED) is 0.379. The van der Waals surface area contributed by atoms with Crippen molar-refractivity contribution >= 4 is 17.6 Å². The Labute approximate surface area is 185 Å². The van der Waals surface area contributed by atoms with Crippen LogP contribution < -0.4 is 10.1 Å². The van der Waals surface area contributed by atoms with Gasteiger partial charge in [0.2, 0.25) is 0 Å². The minimum Gasteiger partial charge on any atom is -0.497 e. The lowest BCUT2D eigenvalue weighted by atomic mass is 9.74. The van der Waals surface area contributed by atoms with Crippen LogP contribution >= 0.6 is 0 Å². The van der Waals surface area contributed by atoms with Gasteiger partial charge in [0.05, 0.1) is 24.2 Å². The maximum absolute atomic E-state index is 12.9. The monoisotopic (exact) mass is 442 g/mol. The molecule has 3 rings (SSSR count). The number of nitro benzene ring substituents is 1. The smallest absolute Gasteiger partial charge is 0.338 e. The molecule has 170 valence electrons. The van der Waals surface area contributed by atoms with E-state index in [0.29, 0.717) is 32.6 Å². The molecule has 0 aromatic heterocycles. The second-order valence-electron chi connectivity index (χ2n) is 7.55. The van der Waals surface area contributed by atoms with Crippen molar-refractivity contribution in [3.8, 4) is 5.75 Å². The Balaban J connectivity index is 1.84. The largest absolute Gasteiger partial charge is 0.497 e. The van der Waals surface area contributed by atoms with E-state index in [2.05, 4.69) is 5.32 Å². The lowest BCUT2D eigenvalue weighted by Crippen LogP contribution is -2.44. The molecule has 1 saturated heterocycles. The van der Waals surface area contributed by atoms with Crippen LogP contribution in [-0.4, -0.2) is 50.3 Å². The van der Waals surface area contributed by atoms with Gasteiger partial charge in [0, 0.05) is 42.9 Å². The molecule has 1 N–H and O–H groups in total. The molecule has 0 aliphatic carbocycles. The van der Waals surface area contributed by atoms with Crippen molar-refractivity contribution in [2.45, 2.75) is 25.2 Å². The van der Waals surface area contributed by atoms with Gasteiger partial charge >= 0.3 is 5.97 Å². The van der Waals surface area contributed by atoms with Crippen LogP contribution in [0.1, 0.15) is 46.0 Å². The molecule has 0 spiro atoms. The minimum absolute atomic E-state index is 0.0270. The highest BCUT2D eigenvalue weighted by Gasteiger charge is 2.35. The normalized spacial score (nSPS) is 14.9. The third kappa shape index (κ3) is 5.23. The van der Waals surface area contributed by atoms with Gasteiger partial charge in [-0.15, -0.1) is 0 Å². The van der Waals surface area contributed by atoms with Gasteiger partial charge in [-0.1, -0.05) is 12.1 Å². The molecule has 2 aromatic carbocycles. The molecule has 2 aromatic rings. The van der Waals surface area contributed by atoms with Gasteiger partial charge in [-0.25, -0.2) is 4.79 Å². The number of carbonyl (C=O) groups is 2. The first kappa shape index (κ1) is 23.2. The molecule has 1 fully saturated rings. The SMILES string of the molecule is CCOC(=O)c1cc(C(=O)NCC2(c3ccc(OC)cc3)CCOCC2)cc([N+](=O)[O-])c1. The zero-order valence-corrected chi connectivity index (χ0v) is 18.1. The first-order valence-corrected chi connectivity index (χ1v) is 10.4. The van der Waals surface area contributed by atoms with Crippen LogP contribution in [-0.2, 0) is 14.9 Å². The van der Waals surface area contributed by atoms with E-state index in [0.717, 1.165) is 23.4 Å². The Morgan fingerprint density at radius 3 is 2.38 bits per heavy atom. The number of benzene rings is 2. The zero-order valence-electron chi connectivity index (χ0n) is 18.1. The number of ether oxygens (including phenoxy) is 3.